The molecule has 20 aromatic rings. The second-order valence-corrected chi connectivity index (χ2v) is 26.5. The van der Waals surface area contributed by atoms with Gasteiger partial charge < -0.3 is 0 Å². The van der Waals surface area contributed by atoms with E-state index in [2.05, 4.69) is 388 Å². The molecule has 0 radical (unpaired) electrons. The zero-order valence-corrected chi connectivity index (χ0v) is 55.0. The molecule has 100 heavy (non-hydrogen) atoms. The second kappa shape index (κ2) is 24.6. The fourth-order valence-electron chi connectivity index (χ4n) is 16.2. The van der Waals surface area contributed by atoms with Gasteiger partial charge in [-0.2, -0.15) is 0 Å². The van der Waals surface area contributed by atoms with E-state index in [-0.39, 0.29) is 0 Å². The molecule has 0 saturated carbocycles. The molecule has 20 rings (SSSR count). The summed E-state index contributed by atoms with van der Waals surface area (Å²) < 4.78 is 0. The molecule has 0 aliphatic rings. The van der Waals surface area contributed by atoms with Gasteiger partial charge in [-0.3, -0.25) is 0 Å². The first-order valence-corrected chi connectivity index (χ1v) is 34.7. The van der Waals surface area contributed by atoms with Gasteiger partial charge in [-0.05, 0) is 227 Å². The lowest BCUT2D eigenvalue weighted by Gasteiger charge is -2.19. The summed E-state index contributed by atoms with van der Waals surface area (Å²) in [7, 11) is 0. The molecule has 0 aromatic heterocycles. The van der Waals surface area contributed by atoms with Crippen LogP contribution >= 0.6 is 0 Å². The largest absolute Gasteiger partial charge is 0.0616 e. The summed E-state index contributed by atoms with van der Waals surface area (Å²) in [6.45, 7) is 0. The van der Waals surface area contributed by atoms with Gasteiger partial charge in [0.1, 0.15) is 0 Å². The first-order valence-electron chi connectivity index (χ1n) is 34.7. The van der Waals surface area contributed by atoms with Gasteiger partial charge in [0, 0.05) is 0 Å². The molecule has 0 bridgehead atoms. The standard InChI is InChI=1S/2C50H32/c1-3-18-41-34(12-1)14-10-24-43(41)38-17-9-16-36(30-38)37-28-26-33-27-29-39(32-40(33)31-37)49-45-20-5-7-22-47(45)50(48-23-8-6-21-46(48)49)44-25-11-15-35-13-2-4-19-42(35)44;1-3-15-41-35(11-1)13-9-21-42(41)37-27-23-33(24-28-37)38-29-25-34-26-30-39(32-40(34)31-38)49-45-17-5-7-19-47(45)50(48-20-8-6-18-46(48)49)44-22-10-14-36-12-2-4-16-43(36)44/h2*1-32H. The van der Waals surface area contributed by atoms with Crippen molar-refractivity contribution < 1.29 is 0 Å². The normalized spacial score (nSPS) is 11.6. The molecule has 20 aromatic carbocycles. The van der Waals surface area contributed by atoms with Crippen LogP contribution in [0, 0.1) is 0 Å². The molecule has 0 aliphatic carbocycles. The van der Waals surface area contributed by atoms with Crippen molar-refractivity contribution in [2.24, 2.45) is 0 Å². The SMILES string of the molecule is c1cc(-c2ccc3ccc(-c4c5ccccc5c(-c5cccc6ccccc56)c5ccccc45)cc3c2)cc(-c2cccc3ccccc23)c1.c1ccc2c(-c3ccc(-c4ccc5ccc(-c6c7ccccc7c(-c7cccc8ccccc78)c7ccccc67)cc5c4)cc3)cccc2c1. The van der Waals surface area contributed by atoms with Crippen molar-refractivity contribution in [2.75, 3.05) is 0 Å². The maximum absolute atomic E-state index is 2.39. The van der Waals surface area contributed by atoms with Crippen molar-refractivity contribution in [3.8, 4) is 89.0 Å². The molecular weight excluding hydrogens is 1200 g/mol. The van der Waals surface area contributed by atoms with Gasteiger partial charge in [-0.25, -0.2) is 0 Å². The predicted octanol–water partition coefficient (Wildman–Crippen LogP) is 28.2. The zero-order valence-electron chi connectivity index (χ0n) is 55.0. The highest BCUT2D eigenvalue weighted by Crippen LogP contribution is 2.49. The maximum Gasteiger partial charge on any atom is -0.00201 e. The Hall–Kier alpha value is -13.0. The van der Waals surface area contributed by atoms with Gasteiger partial charge in [0.25, 0.3) is 0 Å². The smallest absolute Gasteiger partial charge is 0.00201 e. The highest BCUT2D eigenvalue weighted by atomic mass is 14.2. The molecule has 0 spiro atoms. The third kappa shape index (κ3) is 10.2. The summed E-state index contributed by atoms with van der Waals surface area (Å²) >= 11 is 0. The molecule has 0 unspecified atom stereocenters. The van der Waals surface area contributed by atoms with E-state index in [0.29, 0.717) is 0 Å². The number of hydrogen-bond acceptors (Lipinski definition) is 0. The van der Waals surface area contributed by atoms with Crippen molar-refractivity contribution in [1.29, 1.82) is 0 Å². The van der Waals surface area contributed by atoms with E-state index < -0.39 is 0 Å². The molecular formula is C100H64. The Morgan fingerprint density at radius 1 is 0.100 bits per heavy atom. The predicted molar refractivity (Wildman–Crippen MR) is 431 cm³/mol. The quantitative estimate of drug-likeness (QED) is 0.133. The molecule has 464 valence electrons. The maximum atomic E-state index is 2.39. The lowest BCUT2D eigenvalue weighted by Crippen LogP contribution is -1.91. The van der Waals surface area contributed by atoms with Crippen LogP contribution in [0.25, 0.3) is 197 Å². The summed E-state index contributed by atoms with van der Waals surface area (Å²) in [6.07, 6.45) is 0. The number of rotatable bonds is 8. The van der Waals surface area contributed by atoms with Crippen LogP contribution in [0.15, 0.2) is 388 Å². The van der Waals surface area contributed by atoms with E-state index in [1.807, 2.05) is 0 Å². The Balaban J connectivity index is 0.000000139. The first kappa shape index (κ1) is 58.4. The van der Waals surface area contributed by atoms with Crippen LogP contribution in [0.1, 0.15) is 0 Å². The minimum Gasteiger partial charge on any atom is -0.0616 e. The number of fused-ring (bicyclic) bond motifs is 10. The molecule has 0 saturated heterocycles. The van der Waals surface area contributed by atoms with E-state index in [1.54, 1.807) is 0 Å². The molecule has 0 atom stereocenters. The Kier molecular flexibility index (Phi) is 14.3. The second-order valence-electron chi connectivity index (χ2n) is 26.5. The molecule has 0 fully saturated rings. The summed E-state index contributed by atoms with van der Waals surface area (Å²) in [4.78, 5) is 0. The van der Waals surface area contributed by atoms with E-state index in [1.165, 1.54) is 197 Å². The number of hydrogen-bond donors (Lipinski definition) is 0. The molecule has 0 heterocycles. The van der Waals surface area contributed by atoms with Crippen molar-refractivity contribution in [1.82, 2.24) is 0 Å². The van der Waals surface area contributed by atoms with Crippen LogP contribution in [0.5, 0.6) is 0 Å². The highest BCUT2D eigenvalue weighted by molar-refractivity contribution is 6.26. The minimum absolute atomic E-state index is 1.22. The lowest BCUT2D eigenvalue weighted by molar-refractivity contribution is 1.62. The average molecular weight is 1270 g/mol. The Morgan fingerprint density at radius 2 is 0.340 bits per heavy atom. The van der Waals surface area contributed by atoms with E-state index in [0.717, 1.165) is 0 Å². The fraction of sp³-hybridized carbons (Fsp3) is 0. The summed E-state index contributed by atoms with van der Waals surface area (Å²) in [5.74, 6) is 0. The van der Waals surface area contributed by atoms with Gasteiger partial charge in [-0.15, -0.1) is 0 Å². The van der Waals surface area contributed by atoms with Crippen molar-refractivity contribution in [3.05, 3.63) is 388 Å². The van der Waals surface area contributed by atoms with Gasteiger partial charge in [0.15, 0.2) is 0 Å². The van der Waals surface area contributed by atoms with Crippen LogP contribution in [0.4, 0.5) is 0 Å². The van der Waals surface area contributed by atoms with Crippen LogP contribution < -0.4 is 0 Å². The Labute approximate surface area is 581 Å². The first-order chi connectivity index (χ1) is 49.6. The van der Waals surface area contributed by atoms with Crippen LogP contribution in [0.3, 0.4) is 0 Å². The van der Waals surface area contributed by atoms with Gasteiger partial charge >= 0.3 is 0 Å². The van der Waals surface area contributed by atoms with Crippen LogP contribution in [-0.4, -0.2) is 0 Å². The monoisotopic (exact) mass is 1260 g/mol. The average Bonchev–Trinajstić information content (AvgIpc) is 0.717. The third-order valence-electron chi connectivity index (χ3n) is 20.9. The summed E-state index contributed by atoms with van der Waals surface area (Å²) in [6, 6.07) is 143. The van der Waals surface area contributed by atoms with Gasteiger partial charge in [-0.1, -0.05) is 358 Å². The Morgan fingerprint density at radius 3 is 0.730 bits per heavy atom. The molecule has 0 amide bonds. The van der Waals surface area contributed by atoms with E-state index in [4.69, 9.17) is 0 Å². The number of benzene rings is 20. The lowest BCUT2D eigenvalue weighted by atomic mass is 9.84. The van der Waals surface area contributed by atoms with Crippen molar-refractivity contribution >= 4 is 108 Å². The van der Waals surface area contributed by atoms with Crippen LogP contribution in [0.2, 0.25) is 0 Å². The minimum atomic E-state index is 1.22. The van der Waals surface area contributed by atoms with Gasteiger partial charge in [0.05, 0.1) is 0 Å². The van der Waals surface area contributed by atoms with Crippen LogP contribution in [-0.2, 0) is 0 Å². The van der Waals surface area contributed by atoms with E-state index in [9.17, 15) is 0 Å². The zero-order chi connectivity index (χ0) is 66.0. The fourth-order valence-corrected chi connectivity index (χ4v) is 16.2. The Bertz CT molecular complexity index is 6510. The molecule has 0 N–H and O–H groups in total. The summed E-state index contributed by atoms with van der Waals surface area (Å²) in [5, 5.41) is 25.3. The van der Waals surface area contributed by atoms with E-state index >= 15 is 0 Å². The highest BCUT2D eigenvalue weighted by Gasteiger charge is 2.21. The van der Waals surface area contributed by atoms with Gasteiger partial charge in [0.2, 0.25) is 0 Å². The summed E-state index contributed by atoms with van der Waals surface area (Å²) in [5.41, 5.74) is 20.1. The topological polar surface area (TPSA) is 0 Å². The van der Waals surface area contributed by atoms with Crippen molar-refractivity contribution in [2.45, 2.75) is 0 Å². The molecule has 0 aliphatic heterocycles. The van der Waals surface area contributed by atoms with Crippen molar-refractivity contribution in [3.63, 3.8) is 0 Å². The molecule has 0 nitrogen and oxygen atoms in total. The molecule has 0 heteroatoms. The third-order valence-corrected chi connectivity index (χ3v) is 20.9.